The van der Waals surface area contributed by atoms with Crippen LogP contribution in [-0.4, -0.2) is 4.98 Å². The largest absolute Gasteiger partial charge is 0.375 e. The van der Waals surface area contributed by atoms with E-state index in [1.165, 1.54) is 0 Å². The first-order valence-corrected chi connectivity index (χ1v) is 6.73. The lowest BCUT2D eigenvalue weighted by atomic mass is 10.2. The molecule has 1 heterocycles. The highest BCUT2D eigenvalue weighted by molar-refractivity contribution is 9.10. The van der Waals surface area contributed by atoms with Crippen LogP contribution in [-0.2, 0) is 0 Å². The van der Waals surface area contributed by atoms with E-state index < -0.39 is 0 Å². The van der Waals surface area contributed by atoms with Crippen molar-refractivity contribution in [1.82, 2.24) is 4.98 Å². The van der Waals surface area contributed by atoms with Gasteiger partial charge in [0.05, 0.1) is 17.3 Å². The molecule has 17 heavy (non-hydrogen) atoms. The predicted octanol–water partition coefficient (Wildman–Crippen LogP) is 3.95. The lowest BCUT2D eigenvalue weighted by Gasteiger charge is -2.14. The number of aromatic nitrogens is 1. The number of halogens is 1. The molecule has 2 aromatic rings. The summed E-state index contributed by atoms with van der Waals surface area (Å²) in [5.41, 5.74) is 1.46. The summed E-state index contributed by atoms with van der Waals surface area (Å²) in [5.74, 6) is 0. The number of nitriles is 1. The van der Waals surface area contributed by atoms with E-state index in [0.717, 1.165) is 15.2 Å². The summed E-state index contributed by atoms with van der Waals surface area (Å²) < 4.78 is 0.949. The summed E-state index contributed by atoms with van der Waals surface area (Å²) in [4.78, 5) is 4.25. The standard InChI is InChI=1S/C12H10BrN3S/c1-8(12-15-4-5-17-12)16-11-6-10(13)3-2-9(11)7-14/h2-6,8,16H,1H3. The topological polar surface area (TPSA) is 48.7 Å². The molecule has 86 valence electrons. The van der Waals surface area contributed by atoms with Gasteiger partial charge in [0.1, 0.15) is 11.1 Å². The highest BCUT2D eigenvalue weighted by Gasteiger charge is 2.10. The maximum absolute atomic E-state index is 9.03. The summed E-state index contributed by atoms with van der Waals surface area (Å²) in [5, 5.41) is 15.3. The Bertz CT molecular complexity index is 545. The zero-order chi connectivity index (χ0) is 12.3. The van der Waals surface area contributed by atoms with Crippen LogP contribution in [0.1, 0.15) is 23.5 Å². The van der Waals surface area contributed by atoms with E-state index in [2.05, 4.69) is 32.3 Å². The molecule has 1 atom stereocenters. The van der Waals surface area contributed by atoms with Crippen molar-refractivity contribution in [3.05, 3.63) is 44.8 Å². The van der Waals surface area contributed by atoms with Crippen LogP contribution in [0.2, 0.25) is 0 Å². The van der Waals surface area contributed by atoms with Crippen LogP contribution in [0.4, 0.5) is 5.69 Å². The molecule has 2 rings (SSSR count). The van der Waals surface area contributed by atoms with E-state index >= 15 is 0 Å². The Labute approximate surface area is 112 Å². The van der Waals surface area contributed by atoms with E-state index in [1.54, 1.807) is 23.6 Å². The Kier molecular flexibility index (Phi) is 3.77. The number of hydrogen-bond acceptors (Lipinski definition) is 4. The molecule has 3 nitrogen and oxygen atoms in total. The van der Waals surface area contributed by atoms with Crippen LogP contribution in [0, 0.1) is 11.3 Å². The second kappa shape index (κ2) is 5.30. The van der Waals surface area contributed by atoms with Crippen LogP contribution in [0.3, 0.4) is 0 Å². The molecule has 5 heteroatoms. The number of nitrogens with zero attached hydrogens (tertiary/aromatic N) is 2. The third-order valence-electron chi connectivity index (χ3n) is 2.30. The second-order valence-corrected chi connectivity index (χ2v) is 5.38. The molecule has 0 saturated carbocycles. The van der Waals surface area contributed by atoms with Gasteiger partial charge in [-0.3, -0.25) is 0 Å². The molecule has 0 amide bonds. The van der Waals surface area contributed by atoms with Gasteiger partial charge >= 0.3 is 0 Å². The Morgan fingerprint density at radius 2 is 2.35 bits per heavy atom. The van der Waals surface area contributed by atoms with E-state index in [0.29, 0.717) is 5.56 Å². The van der Waals surface area contributed by atoms with Crippen LogP contribution in [0.25, 0.3) is 0 Å². The molecular formula is C12H10BrN3S. The van der Waals surface area contributed by atoms with Crippen molar-refractivity contribution in [3.63, 3.8) is 0 Å². The smallest absolute Gasteiger partial charge is 0.115 e. The average Bonchev–Trinajstić information content (AvgIpc) is 2.83. The first-order valence-electron chi connectivity index (χ1n) is 5.06. The maximum atomic E-state index is 9.03. The monoisotopic (exact) mass is 307 g/mol. The van der Waals surface area contributed by atoms with E-state index in [-0.39, 0.29) is 6.04 Å². The van der Waals surface area contributed by atoms with E-state index in [1.807, 2.05) is 24.4 Å². The van der Waals surface area contributed by atoms with Gasteiger partial charge in [-0.2, -0.15) is 5.26 Å². The van der Waals surface area contributed by atoms with Gasteiger partial charge in [0.2, 0.25) is 0 Å². The van der Waals surface area contributed by atoms with Crippen molar-refractivity contribution in [2.75, 3.05) is 5.32 Å². The fourth-order valence-electron chi connectivity index (χ4n) is 1.48. The van der Waals surface area contributed by atoms with Gasteiger partial charge in [0.15, 0.2) is 0 Å². The van der Waals surface area contributed by atoms with Crippen molar-refractivity contribution in [3.8, 4) is 6.07 Å². The minimum Gasteiger partial charge on any atom is -0.375 e. The van der Waals surface area contributed by atoms with Crippen LogP contribution < -0.4 is 5.32 Å². The maximum Gasteiger partial charge on any atom is 0.115 e. The van der Waals surface area contributed by atoms with Crippen molar-refractivity contribution >= 4 is 33.0 Å². The van der Waals surface area contributed by atoms with Crippen LogP contribution >= 0.6 is 27.3 Å². The number of anilines is 1. The van der Waals surface area contributed by atoms with Gasteiger partial charge in [-0.05, 0) is 25.1 Å². The lowest BCUT2D eigenvalue weighted by Crippen LogP contribution is -2.07. The highest BCUT2D eigenvalue weighted by Crippen LogP contribution is 2.26. The second-order valence-electron chi connectivity index (χ2n) is 3.54. The zero-order valence-electron chi connectivity index (χ0n) is 9.14. The molecule has 0 aliphatic heterocycles. The van der Waals surface area contributed by atoms with E-state index in [9.17, 15) is 0 Å². The quantitative estimate of drug-likeness (QED) is 0.934. The minimum absolute atomic E-state index is 0.0939. The number of thiazole rings is 1. The number of benzene rings is 1. The van der Waals surface area contributed by atoms with Gasteiger partial charge in [-0.1, -0.05) is 15.9 Å². The highest BCUT2D eigenvalue weighted by atomic mass is 79.9. The SMILES string of the molecule is CC(Nc1cc(Br)ccc1C#N)c1nccs1. The van der Waals surface area contributed by atoms with Gasteiger partial charge in [0.25, 0.3) is 0 Å². The summed E-state index contributed by atoms with van der Waals surface area (Å²) in [6.07, 6.45) is 1.78. The Balaban J connectivity index is 2.24. The number of rotatable bonds is 3. The van der Waals surface area contributed by atoms with Gasteiger partial charge in [-0.25, -0.2) is 4.98 Å². The fourth-order valence-corrected chi connectivity index (χ4v) is 2.48. The molecule has 0 fully saturated rings. The normalized spacial score (nSPS) is 11.8. The van der Waals surface area contributed by atoms with E-state index in [4.69, 9.17) is 5.26 Å². The Morgan fingerprint density at radius 3 is 3.00 bits per heavy atom. The molecule has 1 unspecified atom stereocenters. The lowest BCUT2D eigenvalue weighted by molar-refractivity contribution is 0.869. The number of hydrogen-bond donors (Lipinski definition) is 1. The molecule has 0 radical (unpaired) electrons. The first-order chi connectivity index (χ1) is 8.20. The van der Waals surface area contributed by atoms with Gasteiger partial charge in [0, 0.05) is 16.0 Å². The molecule has 0 aliphatic carbocycles. The molecular weight excluding hydrogens is 298 g/mol. The molecule has 1 aromatic carbocycles. The summed E-state index contributed by atoms with van der Waals surface area (Å²) >= 11 is 5.00. The third-order valence-corrected chi connectivity index (χ3v) is 3.75. The summed E-state index contributed by atoms with van der Waals surface area (Å²) in [6.45, 7) is 2.03. The Hall–Kier alpha value is -1.38. The van der Waals surface area contributed by atoms with Gasteiger partial charge < -0.3 is 5.32 Å². The Morgan fingerprint density at radius 1 is 1.53 bits per heavy atom. The van der Waals surface area contributed by atoms with Crippen LogP contribution in [0.15, 0.2) is 34.2 Å². The number of nitrogens with one attached hydrogen (secondary N) is 1. The molecule has 0 saturated heterocycles. The van der Waals surface area contributed by atoms with Crippen molar-refractivity contribution in [1.29, 1.82) is 5.26 Å². The summed E-state index contributed by atoms with van der Waals surface area (Å²) in [7, 11) is 0. The average molecular weight is 308 g/mol. The molecule has 1 N–H and O–H groups in total. The summed E-state index contributed by atoms with van der Waals surface area (Å²) in [6, 6.07) is 7.82. The van der Waals surface area contributed by atoms with Crippen LogP contribution in [0.5, 0.6) is 0 Å². The van der Waals surface area contributed by atoms with Gasteiger partial charge in [-0.15, -0.1) is 11.3 Å². The molecule has 0 bridgehead atoms. The van der Waals surface area contributed by atoms with Crippen molar-refractivity contribution in [2.24, 2.45) is 0 Å². The minimum atomic E-state index is 0.0939. The third kappa shape index (κ3) is 2.84. The van der Waals surface area contributed by atoms with Crippen molar-refractivity contribution in [2.45, 2.75) is 13.0 Å². The predicted molar refractivity (Wildman–Crippen MR) is 73.0 cm³/mol. The molecule has 0 spiro atoms. The molecule has 0 aliphatic rings. The van der Waals surface area contributed by atoms with Crippen molar-refractivity contribution < 1.29 is 0 Å². The first kappa shape index (κ1) is 12.1. The molecule has 1 aromatic heterocycles. The zero-order valence-corrected chi connectivity index (χ0v) is 11.5. The fraction of sp³-hybridized carbons (Fsp3) is 0.167.